The number of aryl methyl sites for hydroxylation is 1. The molecule has 0 amide bonds. The average molecular weight is 497 g/mol. The predicted molar refractivity (Wildman–Crippen MR) is 142 cm³/mol. The Bertz CT molecular complexity index is 1190. The Morgan fingerprint density at radius 3 is 2.58 bits per heavy atom. The Balaban J connectivity index is 2.09. The van der Waals surface area contributed by atoms with E-state index in [1.165, 1.54) is 6.20 Å². The normalized spacial score (nSPS) is 14.6. The fraction of sp³-hybridized carbons (Fsp3) is 0.500. The maximum Gasteiger partial charge on any atom is 0.258 e. The number of fused-ring (bicyclic) bond motifs is 3. The molecular weight excluding hydrogens is 459 g/mol. The predicted octanol–water partition coefficient (Wildman–Crippen LogP) is 6.08. The lowest BCUT2D eigenvalue weighted by atomic mass is 9.85. The van der Waals surface area contributed by atoms with Gasteiger partial charge in [-0.05, 0) is 56.9 Å². The van der Waals surface area contributed by atoms with Crippen molar-refractivity contribution in [1.82, 2.24) is 9.97 Å². The van der Waals surface area contributed by atoms with Crippen molar-refractivity contribution in [2.45, 2.75) is 72.8 Å². The molecule has 0 spiro atoms. The van der Waals surface area contributed by atoms with Crippen LogP contribution in [0.1, 0.15) is 81.1 Å². The number of aromatic nitrogens is 2. The minimum absolute atomic E-state index is 0.0244. The van der Waals surface area contributed by atoms with Crippen LogP contribution in [0.25, 0.3) is 11.3 Å². The van der Waals surface area contributed by atoms with Crippen molar-refractivity contribution < 1.29 is 18.7 Å². The lowest BCUT2D eigenvalue weighted by molar-refractivity contribution is 0.0937. The van der Waals surface area contributed by atoms with E-state index in [-0.39, 0.29) is 42.1 Å². The third kappa shape index (κ3) is 5.48. The summed E-state index contributed by atoms with van der Waals surface area (Å²) < 4.78 is 27.6. The molecule has 0 fully saturated rings. The highest BCUT2D eigenvalue weighted by molar-refractivity contribution is 6.02. The van der Waals surface area contributed by atoms with Crippen LogP contribution in [0.3, 0.4) is 0 Å². The second kappa shape index (κ2) is 11.7. The van der Waals surface area contributed by atoms with Gasteiger partial charge in [0.25, 0.3) is 5.88 Å². The summed E-state index contributed by atoms with van der Waals surface area (Å²) in [5, 5.41) is 0. The highest BCUT2D eigenvalue weighted by atomic mass is 19.1. The summed E-state index contributed by atoms with van der Waals surface area (Å²) in [6.07, 6.45) is 5.19. The number of pyridine rings is 1. The number of ether oxygens (including phenoxy) is 2. The van der Waals surface area contributed by atoms with Gasteiger partial charge in [-0.1, -0.05) is 27.7 Å². The fourth-order valence-electron chi connectivity index (χ4n) is 4.33. The molecule has 7 nitrogen and oxygen atoms in total. The first-order valence-corrected chi connectivity index (χ1v) is 12.5. The van der Waals surface area contributed by atoms with Crippen molar-refractivity contribution in [2.75, 3.05) is 13.7 Å². The van der Waals surface area contributed by atoms with Crippen LogP contribution in [0.5, 0.6) is 5.88 Å². The van der Waals surface area contributed by atoms with Gasteiger partial charge < -0.3 is 14.5 Å². The minimum atomic E-state index is -0.592. The molecule has 0 radical (unpaired) electrons. The van der Waals surface area contributed by atoms with Crippen molar-refractivity contribution in [3.63, 3.8) is 0 Å². The maximum atomic E-state index is 16.0. The third-order valence-electron chi connectivity index (χ3n) is 6.46. The number of ketones is 1. The van der Waals surface area contributed by atoms with E-state index < -0.39 is 5.82 Å². The van der Waals surface area contributed by atoms with Gasteiger partial charge in [-0.15, -0.1) is 0 Å². The molecule has 36 heavy (non-hydrogen) atoms. The van der Waals surface area contributed by atoms with Crippen LogP contribution >= 0.6 is 0 Å². The fourth-order valence-corrected chi connectivity index (χ4v) is 4.33. The number of aromatic amines is 1. The number of nitrogens with zero attached hydrogens (tertiary/aromatic N) is 3. The van der Waals surface area contributed by atoms with Gasteiger partial charge >= 0.3 is 0 Å². The highest BCUT2D eigenvalue weighted by Crippen LogP contribution is 2.42. The number of nitrogens with one attached hydrogen (secondary N) is 1. The summed E-state index contributed by atoms with van der Waals surface area (Å²) in [4.78, 5) is 28.9. The molecule has 2 aromatic rings. The van der Waals surface area contributed by atoms with Crippen molar-refractivity contribution in [3.8, 4) is 17.1 Å². The molecule has 0 aromatic carbocycles. The van der Waals surface area contributed by atoms with Crippen molar-refractivity contribution in [1.29, 1.82) is 0 Å². The minimum Gasteiger partial charge on any atom is -0.417 e. The van der Waals surface area contributed by atoms with Crippen LogP contribution in [0, 0.1) is 11.7 Å². The molecule has 0 saturated carbocycles. The summed E-state index contributed by atoms with van der Waals surface area (Å²) in [7, 11) is 1.54. The Labute approximate surface area is 213 Å². The molecule has 1 aliphatic carbocycles. The summed E-state index contributed by atoms with van der Waals surface area (Å²) in [6.45, 7) is 15.4. The van der Waals surface area contributed by atoms with E-state index in [1.807, 2.05) is 27.7 Å². The average Bonchev–Trinajstić information content (AvgIpc) is 3.24. The molecule has 194 valence electrons. The zero-order valence-corrected chi connectivity index (χ0v) is 22.4. The molecule has 1 unspecified atom stereocenters. The SMILES string of the molecule is C=N/C=C(/COC(C)C)C(=NC)Oc1ncc2c(c1F)-c1[nH]c(C(C)CC)c(C(=O)C(C)C)c1CC2. The molecular formula is C28H37FN4O3. The topological polar surface area (TPSA) is 88.9 Å². The Morgan fingerprint density at radius 1 is 1.28 bits per heavy atom. The molecule has 3 rings (SSSR count). The van der Waals surface area contributed by atoms with Crippen LogP contribution in [0.15, 0.2) is 28.0 Å². The number of halogens is 1. The lowest BCUT2D eigenvalue weighted by Crippen LogP contribution is -2.20. The van der Waals surface area contributed by atoms with Crippen molar-refractivity contribution in [3.05, 3.63) is 46.2 Å². The molecule has 1 aliphatic rings. The van der Waals surface area contributed by atoms with Gasteiger partial charge in [0.1, 0.15) is 0 Å². The summed E-state index contributed by atoms with van der Waals surface area (Å²) in [5.41, 5.74) is 4.79. The molecule has 1 N–H and O–H groups in total. The number of carbonyl (C=O) groups excluding carboxylic acids is 1. The molecule has 0 aliphatic heterocycles. The van der Waals surface area contributed by atoms with Gasteiger partial charge in [0.05, 0.1) is 24.0 Å². The number of carbonyl (C=O) groups is 1. The van der Waals surface area contributed by atoms with Gasteiger partial charge in [-0.2, -0.15) is 0 Å². The Hall–Kier alpha value is -3.13. The standard InChI is InChI=1S/C28H37FN4O3/c1-9-17(6)24-22(26(34)15(2)3)20-11-10-18-13-32-28(23(29)21(18)25(20)33-24)36-27(31-8)19(12-30-7)14-35-16(4)5/h12-13,15-17,33H,7,9-11,14H2,1-6,8H3/b19-12-,31-27?. The van der Waals surface area contributed by atoms with E-state index in [4.69, 9.17) is 9.47 Å². The molecule has 0 bridgehead atoms. The first kappa shape index (κ1) is 27.5. The van der Waals surface area contributed by atoms with Crippen molar-refractivity contribution in [2.24, 2.45) is 15.9 Å². The van der Waals surface area contributed by atoms with Crippen LogP contribution < -0.4 is 4.74 Å². The number of Topliss-reactive ketones (excluding diaryl/α,β-unsaturated/α-hetero) is 1. The number of hydrogen-bond acceptors (Lipinski definition) is 6. The second-order valence-electron chi connectivity index (χ2n) is 9.70. The second-order valence-corrected chi connectivity index (χ2v) is 9.70. The summed E-state index contributed by atoms with van der Waals surface area (Å²) in [5.74, 6) is -0.585. The largest absolute Gasteiger partial charge is 0.417 e. The first-order chi connectivity index (χ1) is 17.1. The molecule has 0 saturated heterocycles. The van der Waals surface area contributed by atoms with E-state index in [2.05, 4.69) is 40.5 Å². The number of hydrogen-bond donors (Lipinski definition) is 1. The van der Waals surface area contributed by atoms with Crippen LogP contribution in [0.4, 0.5) is 4.39 Å². The molecule has 8 heteroatoms. The van der Waals surface area contributed by atoms with E-state index in [0.717, 1.165) is 23.2 Å². The first-order valence-electron chi connectivity index (χ1n) is 12.5. The van der Waals surface area contributed by atoms with Gasteiger partial charge in [0.2, 0.25) is 5.90 Å². The van der Waals surface area contributed by atoms with E-state index in [0.29, 0.717) is 35.2 Å². The summed E-state index contributed by atoms with van der Waals surface area (Å²) in [6, 6.07) is 0. The number of H-pyrrole nitrogens is 1. The van der Waals surface area contributed by atoms with E-state index in [9.17, 15) is 4.79 Å². The molecule has 2 aromatic heterocycles. The summed E-state index contributed by atoms with van der Waals surface area (Å²) >= 11 is 0. The third-order valence-corrected chi connectivity index (χ3v) is 6.46. The highest BCUT2D eigenvalue weighted by Gasteiger charge is 2.33. The van der Waals surface area contributed by atoms with E-state index in [1.54, 1.807) is 13.2 Å². The number of aliphatic imine (C=N–C) groups is 2. The molecule has 2 heterocycles. The van der Waals surface area contributed by atoms with Crippen molar-refractivity contribution >= 4 is 18.4 Å². The van der Waals surface area contributed by atoms with Gasteiger partial charge in [-0.25, -0.2) is 9.37 Å². The van der Waals surface area contributed by atoms with Crippen LogP contribution in [-0.2, 0) is 17.6 Å². The van der Waals surface area contributed by atoms with Gasteiger partial charge in [-0.3, -0.25) is 14.8 Å². The Morgan fingerprint density at radius 2 is 2.00 bits per heavy atom. The zero-order chi connectivity index (χ0) is 26.6. The zero-order valence-electron chi connectivity index (χ0n) is 22.4. The molecule has 1 atom stereocenters. The Kier molecular flexibility index (Phi) is 8.95. The van der Waals surface area contributed by atoms with Gasteiger partial charge in [0.15, 0.2) is 11.6 Å². The smallest absolute Gasteiger partial charge is 0.258 e. The van der Waals surface area contributed by atoms with E-state index >= 15 is 4.39 Å². The van der Waals surface area contributed by atoms with Crippen LogP contribution in [0.2, 0.25) is 0 Å². The lowest BCUT2D eigenvalue weighted by Gasteiger charge is -2.20. The quantitative estimate of drug-likeness (QED) is 0.245. The monoisotopic (exact) mass is 496 g/mol. The van der Waals surface area contributed by atoms with Gasteiger partial charge in [0, 0.05) is 42.2 Å². The number of rotatable bonds is 10. The maximum absolute atomic E-state index is 16.0. The van der Waals surface area contributed by atoms with Crippen LogP contribution in [-0.4, -0.2) is 48.1 Å².